The van der Waals surface area contributed by atoms with E-state index in [1.54, 1.807) is 19.1 Å². The van der Waals surface area contributed by atoms with Crippen molar-refractivity contribution in [3.63, 3.8) is 0 Å². The monoisotopic (exact) mass is 721 g/mol. The molecule has 2 aromatic carbocycles. The number of benzene rings is 2. The first-order valence-corrected chi connectivity index (χ1v) is 17.1. The van der Waals surface area contributed by atoms with Crippen LogP contribution in [0.2, 0.25) is 5.15 Å². The molecular formula is C34H35ClF3N3O7S. The van der Waals surface area contributed by atoms with Crippen molar-refractivity contribution in [2.45, 2.75) is 59.0 Å². The molecule has 3 heterocycles. The first-order chi connectivity index (χ1) is 22.9. The molecule has 4 aromatic rings. The average molecular weight is 722 g/mol. The fourth-order valence-electron chi connectivity index (χ4n) is 5.90. The smallest absolute Gasteiger partial charge is 0.495 e. The predicted octanol–water partition coefficient (Wildman–Crippen LogP) is 7.97. The second-order valence-electron chi connectivity index (χ2n) is 12.8. The van der Waals surface area contributed by atoms with E-state index in [1.807, 2.05) is 19.9 Å². The van der Waals surface area contributed by atoms with Crippen LogP contribution in [0.1, 0.15) is 66.7 Å². The summed E-state index contributed by atoms with van der Waals surface area (Å²) < 4.78 is 78.8. The number of nitrogens with zero attached hydrogens (tertiary/aromatic N) is 2. The highest BCUT2D eigenvalue weighted by atomic mass is 35.5. The van der Waals surface area contributed by atoms with E-state index in [0.29, 0.717) is 33.7 Å². The van der Waals surface area contributed by atoms with E-state index in [-0.39, 0.29) is 39.3 Å². The SMILES string of the molecule is COc1c(-c2nc(Cl)ccc2NC(C)c2cc(C)cc3c(=O)c(C)c(N4CCC(C)(C)CC4)oc23)ccc(OS(=O)(=O)C(F)(F)F)c1C=O. The van der Waals surface area contributed by atoms with Gasteiger partial charge in [-0.15, -0.1) is 0 Å². The summed E-state index contributed by atoms with van der Waals surface area (Å²) in [7, 11) is -4.94. The topological polar surface area (TPSA) is 128 Å². The van der Waals surface area contributed by atoms with Crippen LogP contribution in [-0.2, 0) is 10.1 Å². The average Bonchev–Trinajstić information content (AvgIpc) is 3.02. The Bertz CT molecular complexity index is 2110. The Labute approximate surface area is 286 Å². The molecule has 10 nitrogen and oxygen atoms in total. The van der Waals surface area contributed by atoms with Crippen molar-refractivity contribution in [1.82, 2.24) is 4.98 Å². The normalized spacial score (nSPS) is 15.6. The molecule has 0 spiro atoms. The number of aryl methyl sites for hydroxylation is 1. The summed E-state index contributed by atoms with van der Waals surface area (Å²) in [6.45, 7) is 11.4. The number of piperidine rings is 1. The highest BCUT2D eigenvalue weighted by Crippen LogP contribution is 2.43. The summed E-state index contributed by atoms with van der Waals surface area (Å²) in [6.07, 6.45) is 2.01. The Morgan fingerprint density at radius 3 is 2.41 bits per heavy atom. The van der Waals surface area contributed by atoms with Crippen molar-refractivity contribution in [3.8, 4) is 22.8 Å². The van der Waals surface area contributed by atoms with Crippen molar-refractivity contribution in [3.05, 3.63) is 74.0 Å². The maximum absolute atomic E-state index is 13.7. The predicted molar refractivity (Wildman–Crippen MR) is 181 cm³/mol. The number of hydrogen-bond donors (Lipinski definition) is 1. The molecule has 1 fully saturated rings. The number of pyridine rings is 1. The minimum atomic E-state index is -6.09. The Morgan fingerprint density at radius 2 is 1.80 bits per heavy atom. The highest BCUT2D eigenvalue weighted by molar-refractivity contribution is 7.88. The third-order valence-electron chi connectivity index (χ3n) is 8.69. The number of methoxy groups -OCH3 is 1. The van der Waals surface area contributed by atoms with Gasteiger partial charge in [-0.05, 0) is 74.9 Å². The number of fused-ring (bicyclic) bond motifs is 1. The number of rotatable bonds is 9. The number of ether oxygens (including phenoxy) is 1. The van der Waals surface area contributed by atoms with Gasteiger partial charge in [0, 0.05) is 24.2 Å². The van der Waals surface area contributed by atoms with Crippen molar-refractivity contribution in [2.75, 3.05) is 30.4 Å². The molecule has 1 aliphatic rings. The lowest BCUT2D eigenvalue weighted by Crippen LogP contribution is -2.38. The quantitative estimate of drug-likeness (QED) is 0.0787. The van der Waals surface area contributed by atoms with Gasteiger partial charge in [-0.1, -0.05) is 31.5 Å². The molecule has 1 atom stereocenters. The van der Waals surface area contributed by atoms with Gasteiger partial charge in [0.1, 0.15) is 22.0 Å². The molecule has 15 heteroatoms. The van der Waals surface area contributed by atoms with Gasteiger partial charge in [0.2, 0.25) is 5.88 Å². The lowest BCUT2D eigenvalue weighted by molar-refractivity contribution is -0.0500. The number of anilines is 2. The van der Waals surface area contributed by atoms with Gasteiger partial charge in [0.25, 0.3) is 0 Å². The van der Waals surface area contributed by atoms with E-state index < -0.39 is 33.0 Å². The van der Waals surface area contributed by atoms with Crippen molar-refractivity contribution in [2.24, 2.45) is 5.41 Å². The van der Waals surface area contributed by atoms with E-state index in [9.17, 15) is 31.2 Å². The van der Waals surface area contributed by atoms with Crippen molar-refractivity contribution >= 4 is 50.5 Å². The first kappa shape index (κ1) is 36.0. The summed E-state index contributed by atoms with van der Waals surface area (Å²) in [5.41, 5.74) is -3.22. The minimum absolute atomic E-state index is 0.0414. The zero-order valence-electron chi connectivity index (χ0n) is 27.6. The Kier molecular flexibility index (Phi) is 9.69. The lowest BCUT2D eigenvalue weighted by atomic mass is 9.82. The van der Waals surface area contributed by atoms with Crippen molar-refractivity contribution in [1.29, 1.82) is 0 Å². The maximum Gasteiger partial charge on any atom is 0.534 e. The molecule has 1 aliphatic heterocycles. The molecule has 1 N–H and O–H groups in total. The molecule has 0 aliphatic carbocycles. The molecule has 262 valence electrons. The fraction of sp³-hybridized carbons (Fsp3) is 0.382. The molecule has 0 saturated carbocycles. The zero-order chi connectivity index (χ0) is 36.1. The number of carbonyl (C=O) groups is 1. The maximum atomic E-state index is 13.7. The van der Waals surface area contributed by atoms with Gasteiger partial charge >= 0.3 is 15.6 Å². The summed E-state index contributed by atoms with van der Waals surface area (Å²) in [5.74, 6) is -0.658. The molecule has 0 radical (unpaired) electrons. The van der Waals surface area contributed by atoms with E-state index in [4.69, 9.17) is 20.8 Å². The summed E-state index contributed by atoms with van der Waals surface area (Å²) in [4.78, 5) is 32.3. The molecule has 1 unspecified atom stereocenters. The van der Waals surface area contributed by atoms with Crippen LogP contribution >= 0.6 is 11.6 Å². The van der Waals surface area contributed by atoms with Crippen LogP contribution < -0.4 is 24.6 Å². The van der Waals surface area contributed by atoms with Crippen LogP contribution in [0.15, 0.2) is 45.6 Å². The van der Waals surface area contributed by atoms with Gasteiger partial charge in [-0.2, -0.15) is 21.6 Å². The van der Waals surface area contributed by atoms with Gasteiger partial charge in [-0.3, -0.25) is 9.59 Å². The minimum Gasteiger partial charge on any atom is -0.495 e. The molecule has 49 heavy (non-hydrogen) atoms. The second kappa shape index (κ2) is 13.2. The number of halogens is 4. The standard InChI is InChI=1S/C34H35ClF3N3O7S/c1-18-15-22(31-23(16-18)29(43)19(2)32(47-31)41-13-11-33(4,5)12-14-41)20(3)39-25-8-10-27(35)40-28(25)21-7-9-26(24(17-42)30(21)46-6)48-49(44,45)34(36,37)38/h7-10,15-17,20,39H,11-14H2,1-6H3. The number of carbonyl (C=O) groups excluding carboxylic acids is 1. The number of alkyl halides is 3. The second-order valence-corrected chi connectivity index (χ2v) is 14.7. The Hall–Kier alpha value is -4.30. The van der Waals surface area contributed by atoms with E-state index in [2.05, 4.69) is 33.2 Å². The summed E-state index contributed by atoms with van der Waals surface area (Å²) >= 11 is 6.27. The summed E-state index contributed by atoms with van der Waals surface area (Å²) in [5, 5.41) is 3.83. The van der Waals surface area contributed by atoms with Gasteiger partial charge in [0.15, 0.2) is 17.5 Å². The number of nitrogens with one attached hydrogen (secondary N) is 1. The van der Waals surface area contributed by atoms with Crippen LogP contribution in [0.25, 0.3) is 22.2 Å². The van der Waals surface area contributed by atoms with E-state index in [0.717, 1.165) is 44.7 Å². The van der Waals surface area contributed by atoms with Crippen LogP contribution in [0.4, 0.5) is 24.7 Å². The molecule has 5 rings (SSSR count). The van der Waals surface area contributed by atoms with Gasteiger partial charge < -0.3 is 23.6 Å². The molecular weight excluding hydrogens is 687 g/mol. The van der Waals surface area contributed by atoms with Crippen LogP contribution in [-0.4, -0.2) is 45.4 Å². The fourth-order valence-corrected chi connectivity index (χ4v) is 6.52. The Morgan fingerprint density at radius 1 is 1.12 bits per heavy atom. The van der Waals surface area contributed by atoms with Crippen LogP contribution in [0.5, 0.6) is 11.5 Å². The zero-order valence-corrected chi connectivity index (χ0v) is 29.2. The Balaban J connectivity index is 1.59. The van der Waals surface area contributed by atoms with Gasteiger partial charge in [-0.25, -0.2) is 4.98 Å². The third kappa shape index (κ3) is 7.07. The summed E-state index contributed by atoms with van der Waals surface area (Å²) in [6, 6.07) is 8.40. The van der Waals surface area contributed by atoms with Gasteiger partial charge in [0.05, 0.1) is 35.5 Å². The molecule has 0 bridgehead atoms. The highest BCUT2D eigenvalue weighted by Gasteiger charge is 2.49. The van der Waals surface area contributed by atoms with Crippen LogP contribution in [0.3, 0.4) is 0 Å². The number of aromatic nitrogens is 1. The largest absolute Gasteiger partial charge is 0.534 e. The van der Waals surface area contributed by atoms with Crippen molar-refractivity contribution < 1.29 is 39.7 Å². The van der Waals surface area contributed by atoms with E-state index >= 15 is 0 Å². The number of hydrogen-bond acceptors (Lipinski definition) is 10. The van der Waals surface area contributed by atoms with E-state index in [1.165, 1.54) is 12.1 Å². The molecule has 0 amide bonds. The lowest BCUT2D eigenvalue weighted by Gasteiger charge is -2.37. The molecule has 1 saturated heterocycles. The first-order valence-electron chi connectivity index (χ1n) is 15.3. The molecule has 2 aromatic heterocycles. The van der Waals surface area contributed by atoms with Crippen LogP contribution in [0, 0.1) is 19.3 Å². The number of aldehydes is 1. The third-order valence-corrected chi connectivity index (χ3v) is 9.86.